The second-order valence-corrected chi connectivity index (χ2v) is 21.1. The van der Waals surface area contributed by atoms with Crippen LogP contribution in [0.4, 0.5) is 0 Å². The Morgan fingerprint density at radius 1 is 0.532 bits per heavy atom. The number of amides is 9. The molecule has 0 aliphatic carbocycles. The summed E-state index contributed by atoms with van der Waals surface area (Å²) >= 11 is 0. The lowest BCUT2D eigenvalue weighted by Crippen LogP contribution is -2.61. The molecule has 0 unspecified atom stereocenters. The molecular weight excluding hydrogens is 1020 g/mol. The van der Waals surface area contributed by atoms with Crippen LogP contribution in [-0.4, -0.2) is 149 Å². The molecule has 2 rings (SSSR count). The van der Waals surface area contributed by atoms with Crippen molar-refractivity contribution in [1.82, 2.24) is 52.5 Å². The number of aliphatic hydroxyl groups is 1. The Labute approximate surface area is 465 Å². The Bertz CT molecular complexity index is 2180. The smallest absolute Gasteiger partial charge is 0.243 e. The summed E-state index contributed by atoms with van der Waals surface area (Å²) in [7, 11) is 0. The van der Waals surface area contributed by atoms with Gasteiger partial charge in [-0.3, -0.25) is 43.2 Å². The number of carbonyl (C=O) groups is 9. The van der Waals surface area contributed by atoms with Gasteiger partial charge in [0.2, 0.25) is 53.2 Å². The minimum Gasteiger partial charge on any atom is -0.394 e. The van der Waals surface area contributed by atoms with E-state index in [0.29, 0.717) is 82.3 Å². The summed E-state index contributed by atoms with van der Waals surface area (Å²) < 4.78 is 0. The van der Waals surface area contributed by atoms with Crippen LogP contribution in [0.25, 0.3) is 0 Å². The third kappa shape index (κ3) is 25.9. The summed E-state index contributed by atoms with van der Waals surface area (Å²) in [5.41, 5.74) is 29.8. The van der Waals surface area contributed by atoms with Crippen LogP contribution in [0.2, 0.25) is 0 Å². The molecule has 0 spiro atoms. The van der Waals surface area contributed by atoms with Crippen molar-refractivity contribution in [3.05, 3.63) is 54.1 Å². The summed E-state index contributed by atoms with van der Waals surface area (Å²) in [5, 5.41) is 31.5. The van der Waals surface area contributed by atoms with Crippen molar-refractivity contribution in [3.8, 4) is 0 Å². The molecule has 444 valence electrons. The maximum atomic E-state index is 14.6. The molecule has 1 heterocycles. The lowest BCUT2D eigenvalue weighted by Gasteiger charge is -2.29. The number of H-pyrrole nitrogens is 1. The molecule has 0 fully saturated rings. The van der Waals surface area contributed by atoms with E-state index in [2.05, 4.69) is 52.5 Å². The molecule has 25 nitrogen and oxygen atoms in total. The third-order valence-electron chi connectivity index (χ3n) is 13.3. The highest BCUT2D eigenvalue weighted by Crippen LogP contribution is 2.15. The van der Waals surface area contributed by atoms with Crippen LogP contribution in [-0.2, 0) is 56.0 Å². The molecule has 1 aromatic heterocycles. The summed E-state index contributed by atoms with van der Waals surface area (Å²) in [4.78, 5) is 132. The molecule has 0 saturated heterocycles. The van der Waals surface area contributed by atoms with Crippen LogP contribution in [0.3, 0.4) is 0 Å². The van der Waals surface area contributed by atoms with Crippen molar-refractivity contribution in [2.75, 3.05) is 26.2 Å². The molecule has 79 heavy (non-hydrogen) atoms. The number of aromatic nitrogens is 2. The number of imidazole rings is 1. The summed E-state index contributed by atoms with van der Waals surface area (Å²) in [6.07, 6.45) is 7.29. The highest BCUT2D eigenvalue weighted by molar-refractivity contribution is 5.98. The highest BCUT2D eigenvalue weighted by atomic mass is 16.3. The van der Waals surface area contributed by atoms with Gasteiger partial charge in [0.1, 0.15) is 48.3 Å². The van der Waals surface area contributed by atoms with Gasteiger partial charge in [0.25, 0.3) is 0 Å². The number of aromatic amines is 1. The SMILES string of the molecule is CC[C@H](C)[C@H](NC(=O)[C@H](Cc1ccccc1)NC(=O)[C@H](Cc1cnc[nH]1)NC(=O)[C@H](CC(C)C)NC(=O)[C@H](CCCCN)NC(=O)[C@H](CC(C)C)NC(=O)[C@H](CCCCN)NC(=O)[C@@H](N)CCCCN)C(=O)N[C@@H](CO)C(N)=O. The van der Waals surface area contributed by atoms with Gasteiger partial charge >= 0.3 is 0 Å². The average Bonchev–Trinajstić information content (AvgIpc) is 3.93. The molecule has 0 bridgehead atoms. The minimum atomic E-state index is -1.42. The topological polar surface area (TPSA) is 429 Å². The van der Waals surface area contributed by atoms with E-state index in [1.54, 1.807) is 44.2 Å². The number of benzene rings is 1. The Balaban J connectivity index is 2.50. The van der Waals surface area contributed by atoms with E-state index >= 15 is 0 Å². The Morgan fingerprint density at radius 2 is 0.949 bits per heavy atom. The summed E-state index contributed by atoms with van der Waals surface area (Å²) in [6, 6.07) is -2.14. The number of nitrogens with one attached hydrogen (secondary N) is 9. The van der Waals surface area contributed by atoms with Gasteiger partial charge in [0.05, 0.1) is 19.0 Å². The fourth-order valence-corrected chi connectivity index (χ4v) is 8.52. The monoisotopic (exact) mass is 1110 g/mol. The average molecular weight is 1110 g/mol. The number of primary amides is 1. The largest absolute Gasteiger partial charge is 0.394 e. The van der Waals surface area contributed by atoms with E-state index in [1.807, 2.05) is 27.7 Å². The van der Waals surface area contributed by atoms with E-state index in [0.717, 1.165) is 0 Å². The Kier molecular flexibility index (Phi) is 32.4. The molecule has 0 aliphatic heterocycles. The number of hydrogen-bond acceptors (Lipinski definition) is 15. The Hall–Kier alpha value is -6.54. The number of rotatable bonds is 40. The highest BCUT2D eigenvalue weighted by Gasteiger charge is 2.36. The second kappa shape index (κ2) is 37.4. The van der Waals surface area contributed by atoms with Crippen molar-refractivity contribution in [3.63, 3.8) is 0 Å². The zero-order valence-corrected chi connectivity index (χ0v) is 47.2. The van der Waals surface area contributed by atoms with Crippen molar-refractivity contribution >= 4 is 53.2 Å². The summed E-state index contributed by atoms with van der Waals surface area (Å²) in [6.45, 7) is 11.2. The quantitative estimate of drug-likeness (QED) is 0.0335. The Morgan fingerprint density at radius 3 is 1.39 bits per heavy atom. The first-order valence-corrected chi connectivity index (χ1v) is 27.8. The van der Waals surface area contributed by atoms with E-state index in [-0.39, 0.29) is 50.4 Å². The number of aliphatic hydroxyl groups excluding tert-OH is 1. The fourth-order valence-electron chi connectivity index (χ4n) is 8.52. The molecule has 0 aliphatic rings. The molecule has 10 atom stereocenters. The van der Waals surface area contributed by atoms with Gasteiger partial charge in [-0.1, -0.05) is 84.7 Å². The van der Waals surface area contributed by atoms with Gasteiger partial charge in [-0.15, -0.1) is 0 Å². The van der Waals surface area contributed by atoms with Crippen LogP contribution in [0, 0.1) is 17.8 Å². The fraction of sp³-hybridized carbons (Fsp3) is 0.667. The molecule has 0 saturated carbocycles. The second-order valence-electron chi connectivity index (χ2n) is 21.1. The van der Waals surface area contributed by atoms with Crippen LogP contribution < -0.4 is 71.2 Å². The lowest BCUT2D eigenvalue weighted by molar-refractivity contribution is -0.136. The molecular formula is C54H93N15O10. The van der Waals surface area contributed by atoms with Crippen LogP contribution in [0.1, 0.15) is 130 Å². The van der Waals surface area contributed by atoms with Gasteiger partial charge in [-0.05, 0) is 107 Å². The van der Waals surface area contributed by atoms with Crippen molar-refractivity contribution in [1.29, 1.82) is 0 Å². The number of nitrogens with zero attached hydrogens (tertiary/aromatic N) is 1. The molecule has 20 N–H and O–H groups in total. The first-order valence-electron chi connectivity index (χ1n) is 27.8. The maximum absolute atomic E-state index is 14.6. The number of carbonyl (C=O) groups excluding carboxylic acids is 9. The zero-order chi connectivity index (χ0) is 59.0. The summed E-state index contributed by atoms with van der Waals surface area (Å²) in [5.74, 6) is -7.41. The third-order valence-corrected chi connectivity index (χ3v) is 13.3. The van der Waals surface area contributed by atoms with E-state index in [1.165, 1.54) is 12.5 Å². The van der Waals surface area contributed by atoms with Crippen molar-refractivity contribution in [2.24, 2.45) is 46.4 Å². The zero-order valence-electron chi connectivity index (χ0n) is 47.2. The van der Waals surface area contributed by atoms with Crippen LogP contribution >= 0.6 is 0 Å². The molecule has 2 aromatic rings. The van der Waals surface area contributed by atoms with Crippen molar-refractivity contribution < 1.29 is 48.3 Å². The van der Waals surface area contributed by atoms with Gasteiger partial charge in [-0.2, -0.15) is 0 Å². The van der Waals surface area contributed by atoms with Crippen LogP contribution in [0.15, 0.2) is 42.9 Å². The number of unbranched alkanes of at least 4 members (excludes halogenated alkanes) is 3. The predicted octanol–water partition coefficient (Wildman–Crippen LogP) is -1.60. The maximum Gasteiger partial charge on any atom is 0.243 e. The first kappa shape index (κ1) is 68.6. The van der Waals surface area contributed by atoms with Gasteiger partial charge in [0.15, 0.2) is 0 Å². The van der Waals surface area contributed by atoms with Gasteiger partial charge < -0.3 is 81.3 Å². The number of nitrogens with two attached hydrogens (primary N) is 5. The predicted molar refractivity (Wildman–Crippen MR) is 299 cm³/mol. The normalized spacial score (nSPS) is 15.2. The van der Waals surface area contributed by atoms with Gasteiger partial charge in [0, 0.05) is 24.7 Å². The van der Waals surface area contributed by atoms with E-state index in [9.17, 15) is 48.3 Å². The molecule has 25 heteroatoms. The molecule has 9 amide bonds. The minimum absolute atomic E-state index is 0.0554. The van der Waals surface area contributed by atoms with Gasteiger partial charge in [-0.25, -0.2) is 4.98 Å². The standard InChI is InChI=1S/C54H93N15O10/c1-7-34(6)45(54(79)68-44(30-70)46(59)71)69-53(78)42(27-35-17-9-8-10-18-35)66-52(77)43(28-36-29-60-31-61-36)67-51(76)41(26-33(4)5)65-49(74)39(21-13-16-24-57)63-50(75)40(25-32(2)3)64-48(73)38(20-12-15-23-56)62-47(72)37(58)19-11-14-22-55/h8-10,17-18,29,31-34,37-45,70H,7,11-16,19-28,30,55-58H2,1-6H3,(H2,59,71)(H,60,61)(H,62,72)(H,63,75)(H,64,73)(H,65,74)(H,66,77)(H,67,76)(H,68,79)(H,69,78)/t34-,37-,38-,39-,40-,41-,42-,43-,44-,45-/m0/s1. The first-order chi connectivity index (χ1) is 37.6. The van der Waals surface area contributed by atoms with E-state index < -0.39 is 120 Å². The lowest BCUT2D eigenvalue weighted by atomic mass is 9.96. The molecule has 0 radical (unpaired) electrons. The number of hydrogen-bond donors (Lipinski definition) is 15. The van der Waals surface area contributed by atoms with E-state index in [4.69, 9.17) is 28.7 Å². The van der Waals surface area contributed by atoms with Crippen LogP contribution in [0.5, 0.6) is 0 Å². The van der Waals surface area contributed by atoms with Crippen molar-refractivity contribution in [2.45, 2.75) is 186 Å². The molecule has 1 aromatic carbocycles.